The van der Waals surface area contributed by atoms with Crippen molar-refractivity contribution in [2.24, 2.45) is 0 Å². The minimum absolute atomic E-state index is 0.00402. The zero-order valence-electron chi connectivity index (χ0n) is 15.0. The van der Waals surface area contributed by atoms with E-state index in [1.807, 2.05) is 0 Å². The van der Waals surface area contributed by atoms with Gasteiger partial charge in [-0.25, -0.2) is 4.79 Å². The maximum absolute atomic E-state index is 12.9. The summed E-state index contributed by atoms with van der Waals surface area (Å²) in [4.78, 5) is 52.5. The highest BCUT2D eigenvalue weighted by molar-refractivity contribution is 9.10. The number of carbonyl (C=O) groups is 3. The van der Waals surface area contributed by atoms with Crippen molar-refractivity contribution >= 4 is 39.5 Å². The molecular formula is C18H17BrN4O5. The van der Waals surface area contributed by atoms with Crippen LogP contribution in [0.3, 0.4) is 0 Å². The lowest BCUT2D eigenvalue weighted by Gasteiger charge is -2.22. The summed E-state index contributed by atoms with van der Waals surface area (Å²) < 4.78 is 5.65. The van der Waals surface area contributed by atoms with Gasteiger partial charge in [0.25, 0.3) is 11.5 Å². The van der Waals surface area contributed by atoms with Crippen molar-refractivity contribution in [3.05, 3.63) is 56.9 Å². The smallest absolute Gasteiger partial charge is 0.325 e. The second kappa shape index (κ2) is 7.47. The number of pyridine rings is 1. The summed E-state index contributed by atoms with van der Waals surface area (Å²) in [5, 5.41) is 5.01. The Hall–Kier alpha value is -3.14. The molecule has 0 radical (unpaired) electrons. The minimum Gasteiger partial charge on any atom is -0.497 e. The third-order valence-electron chi connectivity index (χ3n) is 4.39. The lowest BCUT2D eigenvalue weighted by molar-refractivity contribution is -0.133. The van der Waals surface area contributed by atoms with Crippen LogP contribution in [0.25, 0.3) is 0 Å². The van der Waals surface area contributed by atoms with Gasteiger partial charge in [0.1, 0.15) is 23.5 Å². The highest BCUT2D eigenvalue weighted by Crippen LogP contribution is 2.30. The molecule has 1 unspecified atom stereocenters. The second-order valence-corrected chi connectivity index (χ2v) is 7.20. The molecule has 0 spiro atoms. The van der Waals surface area contributed by atoms with Gasteiger partial charge in [-0.15, -0.1) is 0 Å². The normalized spacial score (nSPS) is 18.8. The Morgan fingerprint density at radius 2 is 1.93 bits per heavy atom. The molecule has 10 heteroatoms. The lowest BCUT2D eigenvalue weighted by Crippen LogP contribution is -2.42. The Bertz CT molecular complexity index is 1000. The fourth-order valence-electron chi connectivity index (χ4n) is 2.84. The van der Waals surface area contributed by atoms with Crippen LogP contribution in [0.2, 0.25) is 0 Å². The number of benzene rings is 1. The number of anilines is 1. The molecular weight excluding hydrogens is 432 g/mol. The van der Waals surface area contributed by atoms with Gasteiger partial charge in [-0.2, -0.15) is 0 Å². The topological polar surface area (TPSA) is 121 Å². The van der Waals surface area contributed by atoms with Crippen LogP contribution >= 0.6 is 15.9 Å². The maximum atomic E-state index is 12.9. The number of carbonyl (C=O) groups excluding carboxylic acids is 3. The number of rotatable bonds is 5. The summed E-state index contributed by atoms with van der Waals surface area (Å²) in [6.45, 7) is 1.04. The quantitative estimate of drug-likeness (QED) is 0.599. The summed E-state index contributed by atoms with van der Waals surface area (Å²) in [5.41, 5.74) is -1.25. The van der Waals surface area contributed by atoms with Crippen LogP contribution in [0, 0.1) is 0 Å². The number of urea groups is 1. The summed E-state index contributed by atoms with van der Waals surface area (Å²) in [6, 6.07) is 7.42. The molecule has 3 rings (SSSR count). The standard InChI is InChI=1S/C18H17BrN4O5/c1-18(10-3-5-12(28-2)6-4-10)16(26)23(17(27)22-18)9-14(24)21-13-7-11(19)8-20-15(13)25/h3-8H,9H2,1-2H3,(H,20,25)(H,21,24)(H,22,27). The van der Waals surface area contributed by atoms with Gasteiger partial charge in [-0.1, -0.05) is 12.1 Å². The average molecular weight is 449 g/mol. The van der Waals surface area contributed by atoms with Crippen LogP contribution in [0.5, 0.6) is 5.75 Å². The van der Waals surface area contributed by atoms with Crippen molar-refractivity contribution in [1.82, 2.24) is 15.2 Å². The Labute approximate surface area is 168 Å². The predicted molar refractivity (Wildman–Crippen MR) is 104 cm³/mol. The predicted octanol–water partition coefficient (Wildman–Crippen LogP) is 1.55. The molecule has 2 aromatic rings. The van der Waals surface area contributed by atoms with E-state index in [0.717, 1.165) is 4.90 Å². The van der Waals surface area contributed by atoms with Gasteiger partial charge >= 0.3 is 6.03 Å². The molecule has 2 heterocycles. The number of ether oxygens (including phenoxy) is 1. The van der Waals surface area contributed by atoms with Crippen molar-refractivity contribution < 1.29 is 19.1 Å². The van der Waals surface area contributed by atoms with Crippen LogP contribution in [-0.2, 0) is 15.1 Å². The molecule has 1 saturated heterocycles. The molecule has 0 aliphatic carbocycles. The van der Waals surface area contributed by atoms with Gasteiger partial charge < -0.3 is 20.4 Å². The zero-order chi connectivity index (χ0) is 20.5. The first kappa shape index (κ1) is 19.6. The van der Waals surface area contributed by atoms with Crippen LogP contribution in [0.4, 0.5) is 10.5 Å². The Kier molecular flexibility index (Phi) is 5.23. The Morgan fingerprint density at radius 3 is 2.57 bits per heavy atom. The second-order valence-electron chi connectivity index (χ2n) is 6.28. The number of amides is 4. The first-order valence-corrected chi connectivity index (χ1v) is 9.00. The number of nitrogens with zero attached hydrogens (tertiary/aromatic N) is 1. The molecule has 4 amide bonds. The van der Waals surface area contributed by atoms with Gasteiger partial charge in [0.15, 0.2) is 0 Å². The zero-order valence-corrected chi connectivity index (χ0v) is 16.6. The van der Waals surface area contributed by atoms with Crippen LogP contribution in [-0.4, -0.2) is 41.4 Å². The molecule has 1 aromatic carbocycles. The molecule has 1 aromatic heterocycles. The van der Waals surface area contributed by atoms with Crippen molar-refractivity contribution in [2.45, 2.75) is 12.5 Å². The Balaban J connectivity index is 1.76. The minimum atomic E-state index is -1.31. The number of aromatic nitrogens is 1. The summed E-state index contributed by atoms with van der Waals surface area (Å²) >= 11 is 3.19. The molecule has 3 N–H and O–H groups in total. The number of nitrogens with one attached hydrogen (secondary N) is 3. The van der Waals surface area contributed by atoms with E-state index in [1.165, 1.54) is 19.4 Å². The van der Waals surface area contributed by atoms with E-state index in [2.05, 4.69) is 31.5 Å². The van der Waals surface area contributed by atoms with Crippen LogP contribution in [0.1, 0.15) is 12.5 Å². The first-order valence-electron chi connectivity index (χ1n) is 8.21. The van der Waals surface area contributed by atoms with Crippen molar-refractivity contribution in [1.29, 1.82) is 0 Å². The van der Waals surface area contributed by atoms with Crippen molar-refractivity contribution in [3.63, 3.8) is 0 Å². The number of H-pyrrole nitrogens is 1. The number of hydrogen-bond acceptors (Lipinski definition) is 5. The number of imide groups is 1. The van der Waals surface area contributed by atoms with Crippen LogP contribution < -0.4 is 20.9 Å². The molecule has 9 nitrogen and oxygen atoms in total. The number of hydrogen-bond donors (Lipinski definition) is 3. The summed E-state index contributed by atoms with van der Waals surface area (Å²) in [6.07, 6.45) is 1.43. The fraction of sp³-hybridized carbons (Fsp3) is 0.222. The van der Waals surface area contributed by atoms with Crippen molar-refractivity contribution in [2.75, 3.05) is 19.0 Å². The lowest BCUT2D eigenvalue weighted by atomic mass is 9.92. The number of methoxy groups -OCH3 is 1. The van der Waals surface area contributed by atoms with E-state index >= 15 is 0 Å². The van der Waals surface area contributed by atoms with Crippen LogP contribution in [0.15, 0.2) is 45.8 Å². The third kappa shape index (κ3) is 3.63. The third-order valence-corrected chi connectivity index (χ3v) is 4.84. The SMILES string of the molecule is COc1ccc(C2(C)NC(=O)N(CC(=O)Nc3cc(Br)c[nH]c3=O)C2=O)cc1. The van der Waals surface area contributed by atoms with Crippen molar-refractivity contribution in [3.8, 4) is 5.75 Å². The molecule has 146 valence electrons. The monoisotopic (exact) mass is 448 g/mol. The highest BCUT2D eigenvalue weighted by Gasteiger charge is 2.49. The number of aromatic amines is 1. The summed E-state index contributed by atoms with van der Waals surface area (Å²) in [7, 11) is 1.52. The van der Waals surface area contributed by atoms with Gasteiger partial charge in [0, 0.05) is 10.7 Å². The first-order chi connectivity index (χ1) is 13.2. The van der Waals surface area contributed by atoms with Gasteiger partial charge in [0.05, 0.1) is 7.11 Å². The fourth-order valence-corrected chi connectivity index (χ4v) is 3.19. The molecule has 0 bridgehead atoms. The average Bonchev–Trinajstić information content (AvgIpc) is 2.89. The highest BCUT2D eigenvalue weighted by atomic mass is 79.9. The van der Waals surface area contributed by atoms with Gasteiger partial charge in [-0.05, 0) is 46.6 Å². The largest absolute Gasteiger partial charge is 0.497 e. The Morgan fingerprint density at radius 1 is 1.25 bits per heavy atom. The van der Waals surface area contributed by atoms with E-state index in [1.54, 1.807) is 31.2 Å². The van der Waals surface area contributed by atoms with E-state index in [0.29, 0.717) is 15.8 Å². The molecule has 28 heavy (non-hydrogen) atoms. The maximum Gasteiger partial charge on any atom is 0.325 e. The van der Waals surface area contributed by atoms with E-state index < -0.39 is 35.5 Å². The van der Waals surface area contributed by atoms with E-state index in [-0.39, 0.29) is 5.69 Å². The van der Waals surface area contributed by atoms with E-state index in [4.69, 9.17) is 4.74 Å². The van der Waals surface area contributed by atoms with E-state index in [9.17, 15) is 19.2 Å². The van der Waals surface area contributed by atoms with Gasteiger partial charge in [-0.3, -0.25) is 19.3 Å². The molecule has 0 saturated carbocycles. The molecule has 1 aliphatic heterocycles. The molecule has 1 aliphatic rings. The van der Waals surface area contributed by atoms with Gasteiger partial charge in [0.2, 0.25) is 5.91 Å². The number of halogens is 1. The summed E-state index contributed by atoms with van der Waals surface area (Å²) in [5.74, 6) is -0.633. The molecule has 1 atom stereocenters. The molecule has 1 fully saturated rings.